The molecule has 2 heterocycles. The first-order chi connectivity index (χ1) is 13.1. The minimum atomic E-state index is -0.206. The number of halogens is 1. The molecule has 6 heteroatoms. The predicted octanol–water partition coefficient (Wildman–Crippen LogP) is 3.07. The Morgan fingerprint density at radius 3 is 2.59 bits per heavy atom. The minimum absolute atomic E-state index is 0.0671. The number of anilines is 1. The van der Waals surface area contributed by atoms with Crippen molar-refractivity contribution in [3.63, 3.8) is 0 Å². The lowest BCUT2D eigenvalue weighted by atomic mass is 9.99. The summed E-state index contributed by atoms with van der Waals surface area (Å²) in [6.45, 7) is 9.05. The van der Waals surface area contributed by atoms with Crippen LogP contribution in [0.3, 0.4) is 0 Å². The van der Waals surface area contributed by atoms with Crippen molar-refractivity contribution in [2.75, 3.05) is 50.7 Å². The van der Waals surface area contributed by atoms with E-state index in [1.54, 1.807) is 0 Å². The number of nitrogens with one attached hydrogen (secondary N) is 2. The Kier molecular flexibility index (Phi) is 7.33. The number of piperidine rings is 1. The molecule has 2 saturated heterocycles. The summed E-state index contributed by atoms with van der Waals surface area (Å²) in [6, 6.07) is 6.57. The third-order valence-electron chi connectivity index (χ3n) is 5.84. The zero-order valence-electron chi connectivity index (χ0n) is 16.4. The molecular weight excluding hydrogens is 343 g/mol. The molecule has 5 nitrogen and oxygen atoms in total. The lowest BCUT2D eigenvalue weighted by molar-refractivity contribution is 0.190. The molecule has 1 aromatic carbocycles. The van der Waals surface area contributed by atoms with Gasteiger partial charge in [0.15, 0.2) is 0 Å². The standard InChI is InChI=1S/C21H33FN4O/c1-17-7-12-25(13-8-17)11-2-10-23-21(27)24-15-18-9-14-26(16-18)20-5-3-19(22)4-6-20/h3-6,17-18H,2,7-16H2,1H3,(H2,23,24,27). The van der Waals surface area contributed by atoms with Gasteiger partial charge in [0.2, 0.25) is 0 Å². The third-order valence-corrected chi connectivity index (χ3v) is 5.84. The Morgan fingerprint density at radius 1 is 1.11 bits per heavy atom. The monoisotopic (exact) mass is 376 g/mol. The number of likely N-dealkylation sites (tertiary alicyclic amines) is 1. The minimum Gasteiger partial charge on any atom is -0.371 e. The number of urea groups is 1. The fourth-order valence-electron chi connectivity index (χ4n) is 3.98. The van der Waals surface area contributed by atoms with Crippen LogP contribution >= 0.6 is 0 Å². The Bertz CT molecular complexity index is 586. The van der Waals surface area contributed by atoms with E-state index in [4.69, 9.17) is 0 Å². The highest BCUT2D eigenvalue weighted by atomic mass is 19.1. The lowest BCUT2D eigenvalue weighted by Crippen LogP contribution is -2.40. The third kappa shape index (κ3) is 6.38. The molecule has 2 aliphatic rings. The van der Waals surface area contributed by atoms with Crippen LogP contribution in [0.1, 0.15) is 32.6 Å². The van der Waals surface area contributed by atoms with E-state index in [0.717, 1.165) is 50.6 Å². The summed E-state index contributed by atoms with van der Waals surface area (Å²) in [5.41, 5.74) is 1.05. The molecule has 1 atom stereocenters. The highest BCUT2D eigenvalue weighted by Crippen LogP contribution is 2.23. The zero-order valence-corrected chi connectivity index (χ0v) is 16.4. The van der Waals surface area contributed by atoms with Crippen LogP contribution in [0.2, 0.25) is 0 Å². The van der Waals surface area contributed by atoms with Gasteiger partial charge in [0.25, 0.3) is 0 Å². The highest BCUT2D eigenvalue weighted by molar-refractivity contribution is 5.73. The van der Waals surface area contributed by atoms with Gasteiger partial charge in [-0.25, -0.2) is 9.18 Å². The van der Waals surface area contributed by atoms with Gasteiger partial charge < -0.3 is 20.4 Å². The Hall–Kier alpha value is -1.82. The molecule has 0 bridgehead atoms. The molecule has 2 aliphatic heterocycles. The topological polar surface area (TPSA) is 47.6 Å². The van der Waals surface area contributed by atoms with Crippen LogP contribution < -0.4 is 15.5 Å². The van der Waals surface area contributed by atoms with E-state index in [1.807, 2.05) is 12.1 Å². The molecule has 1 unspecified atom stereocenters. The molecular formula is C21H33FN4O. The number of hydrogen-bond donors (Lipinski definition) is 2. The van der Waals surface area contributed by atoms with E-state index in [2.05, 4.69) is 27.4 Å². The van der Waals surface area contributed by atoms with Gasteiger partial charge in [-0.3, -0.25) is 0 Å². The van der Waals surface area contributed by atoms with Gasteiger partial charge in [0, 0.05) is 31.9 Å². The molecule has 0 aliphatic carbocycles. The number of benzene rings is 1. The maximum absolute atomic E-state index is 13.0. The van der Waals surface area contributed by atoms with Crippen LogP contribution in [0.15, 0.2) is 24.3 Å². The number of carbonyl (C=O) groups is 1. The van der Waals surface area contributed by atoms with Crippen LogP contribution in [0.4, 0.5) is 14.9 Å². The van der Waals surface area contributed by atoms with Crippen molar-refractivity contribution >= 4 is 11.7 Å². The Morgan fingerprint density at radius 2 is 1.85 bits per heavy atom. The fourth-order valence-corrected chi connectivity index (χ4v) is 3.98. The summed E-state index contributed by atoms with van der Waals surface area (Å²) >= 11 is 0. The molecule has 2 fully saturated rings. The highest BCUT2D eigenvalue weighted by Gasteiger charge is 2.23. The van der Waals surface area contributed by atoms with E-state index in [-0.39, 0.29) is 11.8 Å². The molecule has 1 aromatic rings. The first-order valence-electron chi connectivity index (χ1n) is 10.3. The van der Waals surface area contributed by atoms with Gasteiger partial charge in [-0.05, 0) is 81.4 Å². The second-order valence-electron chi connectivity index (χ2n) is 8.09. The van der Waals surface area contributed by atoms with Gasteiger partial charge in [0.1, 0.15) is 5.82 Å². The maximum atomic E-state index is 13.0. The molecule has 2 amide bonds. The van der Waals surface area contributed by atoms with Crippen molar-refractivity contribution in [3.05, 3.63) is 30.1 Å². The van der Waals surface area contributed by atoms with Crippen molar-refractivity contribution in [1.29, 1.82) is 0 Å². The molecule has 0 aromatic heterocycles. The van der Waals surface area contributed by atoms with Crippen molar-refractivity contribution < 1.29 is 9.18 Å². The molecule has 0 saturated carbocycles. The first kappa shape index (κ1) is 19.9. The molecule has 0 radical (unpaired) electrons. The Labute approximate surface area is 162 Å². The second kappa shape index (κ2) is 9.93. The summed E-state index contributed by atoms with van der Waals surface area (Å²) in [5, 5.41) is 5.97. The van der Waals surface area contributed by atoms with Gasteiger partial charge >= 0.3 is 6.03 Å². The normalized spacial score (nSPS) is 21.4. The Balaban J connectivity index is 1.26. The van der Waals surface area contributed by atoms with E-state index in [9.17, 15) is 9.18 Å². The van der Waals surface area contributed by atoms with Crippen molar-refractivity contribution in [1.82, 2.24) is 15.5 Å². The van der Waals surface area contributed by atoms with E-state index >= 15 is 0 Å². The zero-order chi connectivity index (χ0) is 19.1. The van der Waals surface area contributed by atoms with Crippen LogP contribution in [0, 0.1) is 17.7 Å². The molecule has 27 heavy (non-hydrogen) atoms. The molecule has 3 rings (SSSR count). The molecule has 2 N–H and O–H groups in total. The van der Waals surface area contributed by atoms with E-state index < -0.39 is 0 Å². The van der Waals surface area contributed by atoms with Crippen LogP contribution in [0.25, 0.3) is 0 Å². The van der Waals surface area contributed by atoms with Gasteiger partial charge in [-0.15, -0.1) is 0 Å². The fraction of sp³-hybridized carbons (Fsp3) is 0.667. The number of amides is 2. The van der Waals surface area contributed by atoms with Crippen LogP contribution in [-0.4, -0.2) is 56.7 Å². The number of rotatable bonds is 7. The maximum Gasteiger partial charge on any atom is 0.314 e. The van der Waals surface area contributed by atoms with Crippen LogP contribution in [0.5, 0.6) is 0 Å². The second-order valence-corrected chi connectivity index (χ2v) is 8.09. The molecule has 150 valence electrons. The molecule has 0 spiro atoms. The van der Waals surface area contributed by atoms with Crippen LogP contribution in [-0.2, 0) is 0 Å². The number of hydrogen-bond acceptors (Lipinski definition) is 3. The lowest BCUT2D eigenvalue weighted by Gasteiger charge is -2.30. The van der Waals surface area contributed by atoms with E-state index in [1.165, 1.54) is 38.1 Å². The summed E-state index contributed by atoms with van der Waals surface area (Å²) in [6.07, 6.45) is 4.64. The SMILES string of the molecule is CC1CCN(CCCNC(=O)NCC2CCN(c3ccc(F)cc3)C2)CC1. The number of carbonyl (C=O) groups excluding carboxylic acids is 1. The van der Waals surface area contributed by atoms with Gasteiger partial charge in [-0.1, -0.05) is 6.92 Å². The van der Waals surface area contributed by atoms with Crippen molar-refractivity contribution in [2.24, 2.45) is 11.8 Å². The van der Waals surface area contributed by atoms with Crippen molar-refractivity contribution in [3.8, 4) is 0 Å². The summed E-state index contributed by atoms with van der Waals surface area (Å²) < 4.78 is 13.0. The summed E-state index contributed by atoms with van der Waals surface area (Å²) in [7, 11) is 0. The number of nitrogens with zero attached hydrogens (tertiary/aromatic N) is 2. The van der Waals surface area contributed by atoms with Gasteiger partial charge in [0.05, 0.1) is 0 Å². The van der Waals surface area contributed by atoms with E-state index in [0.29, 0.717) is 12.5 Å². The van der Waals surface area contributed by atoms with Gasteiger partial charge in [-0.2, -0.15) is 0 Å². The first-order valence-corrected chi connectivity index (χ1v) is 10.3. The summed E-state index contributed by atoms with van der Waals surface area (Å²) in [4.78, 5) is 16.7. The quantitative estimate of drug-likeness (QED) is 0.719. The van der Waals surface area contributed by atoms with Crippen molar-refractivity contribution in [2.45, 2.75) is 32.6 Å². The largest absolute Gasteiger partial charge is 0.371 e. The average Bonchev–Trinajstić information content (AvgIpc) is 3.14. The summed E-state index contributed by atoms with van der Waals surface area (Å²) in [5.74, 6) is 1.10. The average molecular weight is 377 g/mol. The predicted molar refractivity (Wildman–Crippen MR) is 108 cm³/mol. The smallest absolute Gasteiger partial charge is 0.314 e.